The van der Waals surface area contributed by atoms with E-state index in [2.05, 4.69) is 20.6 Å². The minimum Gasteiger partial charge on any atom is -0.365 e. The standard InChI is InChI=1S/C11H17FN4.2ClH/c1-2-9-10(12)11(15-7-14-9)16-8-3-5-13-6-4-8;;/h7-8,13H,2-6H2,1H3,(H,14,15,16);2*1H. The average molecular weight is 297 g/mol. The highest BCUT2D eigenvalue weighted by molar-refractivity contribution is 5.85. The third kappa shape index (κ3) is 4.23. The molecule has 1 aliphatic rings. The van der Waals surface area contributed by atoms with E-state index in [9.17, 15) is 4.39 Å². The van der Waals surface area contributed by atoms with Crippen molar-refractivity contribution in [1.29, 1.82) is 0 Å². The number of anilines is 1. The average Bonchev–Trinajstić information content (AvgIpc) is 2.33. The van der Waals surface area contributed by atoms with Gasteiger partial charge in [-0.25, -0.2) is 14.4 Å². The number of aryl methyl sites for hydroxylation is 1. The monoisotopic (exact) mass is 296 g/mol. The Bertz CT molecular complexity index is 359. The lowest BCUT2D eigenvalue weighted by Gasteiger charge is -2.24. The lowest BCUT2D eigenvalue weighted by molar-refractivity contribution is 0.474. The molecule has 0 radical (unpaired) electrons. The molecule has 18 heavy (non-hydrogen) atoms. The fourth-order valence-corrected chi connectivity index (χ4v) is 1.91. The summed E-state index contributed by atoms with van der Waals surface area (Å²) in [6, 6.07) is 0.315. The van der Waals surface area contributed by atoms with Gasteiger partial charge in [-0.2, -0.15) is 0 Å². The second kappa shape index (κ2) is 8.45. The number of halogens is 3. The Labute approximate surface area is 119 Å². The molecule has 2 N–H and O–H groups in total. The largest absolute Gasteiger partial charge is 0.365 e. The summed E-state index contributed by atoms with van der Waals surface area (Å²) in [5.41, 5.74) is 0.478. The predicted octanol–water partition coefficient (Wildman–Crippen LogP) is 2.19. The Balaban J connectivity index is 0.00000144. The van der Waals surface area contributed by atoms with Crippen LogP contribution in [0.5, 0.6) is 0 Å². The number of rotatable bonds is 3. The molecule has 0 atom stereocenters. The number of nitrogens with zero attached hydrogens (tertiary/aromatic N) is 2. The minimum absolute atomic E-state index is 0. The Morgan fingerprint density at radius 2 is 2.00 bits per heavy atom. The molecule has 0 aromatic carbocycles. The molecular weight excluding hydrogens is 278 g/mol. The highest BCUT2D eigenvalue weighted by Gasteiger charge is 2.16. The van der Waals surface area contributed by atoms with Crippen molar-refractivity contribution in [2.24, 2.45) is 0 Å². The van der Waals surface area contributed by atoms with Crippen LogP contribution in [0.1, 0.15) is 25.5 Å². The van der Waals surface area contributed by atoms with E-state index in [1.165, 1.54) is 6.33 Å². The van der Waals surface area contributed by atoms with Gasteiger partial charge in [-0.1, -0.05) is 6.92 Å². The van der Waals surface area contributed by atoms with Crippen molar-refractivity contribution in [2.75, 3.05) is 18.4 Å². The first-order valence-corrected chi connectivity index (χ1v) is 5.78. The van der Waals surface area contributed by atoms with Crippen molar-refractivity contribution in [3.8, 4) is 0 Å². The van der Waals surface area contributed by atoms with Crippen LogP contribution >= 0.6 is 24.8 Å². The first-order valence-electron chi connectivity index (χ1n) is 5.78. The van der Waals surface area contributed by atoms with Gasteiger partial charge in [-0.05, 0) is 32.4 Å². The molecule has 0 aliphatic carbocycles. The van der Waals surface area contributed by atoms with Crippen LogP contribution in [0, 0.1) is 5.82 Å². The van der Waals surface area contributed by atoms with Crippen molar-refractivity contribution in [1.82, 2.24) is 15.3 Å². The van der Waals surface area contributed by atoms with Gasteiger partial charge in [0.1, 0.15) is 6.33 Å². The van der Waals surface area contributed by atoms with Crippen LogP contribution in [0.4, 0.5) is 10.2 Å². The second-order valence-corrected chi connectivity index (χ2v) is 4.01. The topological polar surface area (TPSA) is 49.8 Å². The van der Waals surface area contributed by atoms with Gasteiger partial charge in [0.05, 0.1) is 5.69 Å². The summed E-state index contributed by atoms with van der Waals surface area (Å²) in [6.07, 6.45) is 4.02. The van der Waals surface area contributed by atoms with Gasteiger partial charge in [0, 0.05) is 6.04 Å². The first kappa shape index (κ1) is 17.4. The molecule has 7 heteroatoms. The molecule has 1 fully saturated rings. The molecule has 1 saturated heterocycles. The summed E-state index contributed by atoms with van der Waals surface area (Å²) in [7, 11) is 0. The number of nitrogens with one attached hydrogen (secondary N) is 2. The van der Waals surface area contributed by atoms with Crippen molar-refractivity contribution in [3.63, 3.8) is 0 Å². The molecule has 1 aliphatic heterocycles. The predicted molar refractivity (Wildman–Crippen MR) is 75.4 cm³/mol. The van der Waals surface area contributed by atoms with Gasteiger partial charge >= 0.3 is 0 Å². The van der Waals surface area contributed by atoms with Gasteiger partial charge in [-0.3, -0.25) is 0 Å². The Morgan fingerprint density at radius 3 is 2.61 bits per heavy atom. The summed E-state index contributed by atoms with van der Waals surface area (Å²) in [4.78, 5) is 7.88. The zero-order chi connectivity index (χ0) is 11.4. The third-order valence-corrected chi connectivity index (χ3v) is 2.88. The highest BCUT2D eigenvalue weighted by atomic mass is 35.5. The van der Waals surface area contributed by atoms with Crippen molar-refractivity contribution in [3.05, 3.63) is 17.8 Å². The van der Waals surface area contributed by atoms with Crippen molar-refractivity contribution >= 4 is 30.6 Å². The molecular formula is C11H19Cl2FN4. The maximum atomic E-state index is 13.8. The van der Waals surface area contributed by atoms with Crippen LogP contribution in [0.15, 0.2) is 6.33 Å². The number of hydrogen-bond acceptors (Lipinski definition) is 4. The molecule has 0 saturated carbocycles. The van der Waals surface area contributed by atoms with Gasteiger partial charge in [-0.15, -0.1) is 24.8 Å². The Hall–Kier alpha value is -0.650. The fraction of sp³-hybridized carbons (Fsp3) is 0.636. The molecule has 0 bridgehead atoms. The van der Waals surface area contributed by atoms with Crippen LogP contribution in [0.2, 0.25) is 0 Å². The maximum absolute atomic E-state index is 13.8. The molecule has 2 heterocycles. The normalized spacial score (nSPS) is 15.4. The van der Waals surface area contributed by atoms with E-state index in [1.54, 1.807) is 0 Å². The molecule has 0 unspecified atom stereocenters. The van der Waals surface area contributed by atoms with Crippen LogP contribution < -0.4 is 10.6 Å². The summed E-state index contributed by atoms with van der Waals surface area (Å²) in [5.74, 6) is 0.0438. The van der Waals surface area contributed by atoms with Crippen LogP contribution in [-0.4, -0.2) is 29.1 Å². The van der Waals surface area contributed by atoms with Gasteiger partial charge in [0.15, 0.2) is 11.6 Å². The van der Waals surface area contributed by atoms with Crippen LogP contribution in [0.3, 0.4) is 0 Å². The number of hydrogen-bond donors (Lipinski definition) is 2. The maximum Gasteiger partial charge on any atom is 0.186 e. The SMILES string of the molecule is CCc1ncnc(NC2CCNCC2)c1F.Cl.Cl. The van der Waals surface area contributed by atoms with Crippen molar-refractivity contribution in [2.45, 2.75) is 32.2 Å². The number of piperidine rings is 1. The highest BCUT2D eigenvalue weighted by Crippen LogP contribution is 2.16. The van der Waals surface area contributed by atoms with Gasteiger partial charge in [0.2, 0.25) is 0 Å². The summed E-state index contributed by atoms with van der Waals surface area (Å²) in [6.45, 7) is 3.84. The van der Waals surface area contributed by atoms with E-state index < -0.39 is 0 Å². The van der Waals surface area contributed by atoms with Gasteiger partial charge < -0.3 is 10.6 Å². The minimum atomic E-state index is -0.302. The zero-order valence-corrected chi connectivity index (χ0v) is 11.9. The molecule has 4 nitrogen and oxygen atoms in total. The number of aromatic nitrogens is 2. The summed E-state index contributed by atoms with van der Waals surface area (Å²) in [5, 5.41) is 6.43. The lowest BCUT2D eigenvalue weighted by Crippen LogP contribution is -2.35. The Kier molecular flexibility index (Phi) is 8.15. The van der Waals surface area contributed by atoms with Crippen molar-refractivity contribution < 1.29 is 4.39 Å². The van der Waals surface area contributed by atoms with E-state index >= 15 is 0 Å². The molecule has 2 rings (SSSR count). The summed E-state index contributed by atoms with van der Waals surface area (Å²) >= 11 is 0. The van der Waals surface area contributed by atoms with E-state index in [0.717, 1.165) is 25.9 Å². The molecule has 0 amide bonds. The smallest absolute Gasteiger partial charge is 0.186 e. The molecule has 1 aromatic heterocycles. The van der Waals surface area contributed by atoms with E-state index in [1.807, 2.05) is 6.92 Å². The van der Waals surface area contributed by atoms with Crippen LogP contribution in [-0.2, 0) is 6.42 Å². The third-order valence-electron chi connectivity index (χ3n) is 2.88. The second-order valence-electron chi connectivity index (χ2n) is 4.01. The quantitative estimate of drug-likeness (QED) is 0.898. The zero-order valence-electron chi connectivity index (χ0n) is 10.3. The van der Waals surface area contributed by atoms with E-state index in [0.29, 0.717) is 24.0 Å². The Morgan fingerprint density at radius 1 is 1.33 bits per heavy atom. The lowest BCUT2D eigenvalue weighted by atomic mass is 10.1. The molecule has 104 valence electrons. The van der Waals surface area contributed by atoms with Gasteiger partial charge in [0.25, 0.3) is 0 Å². The summed E-state index contributed by atoms with van der Waals surface area (Å²) < 4.78 is 13.8. The molecule has 1 aromatic rings. The fourth-order valence-electron chi connectivity index (χ4n) is 1.91. The van der Waals surface area contributed by atoms with E-state index in [4.69, 9.17) is 0 Å². The first-order chi connectivity index (χ1) is 7.81. The van der Waals surface area contributed by atoms with Crippen LogP contribution in [0.25, 0.3) is 0 Å². The molecule has 0 spiro atoms. The van der Waals surface area contributed by atoms with E-state index in [-0.39, 0.29) is 30.6 Å².